The van der Waals surface area contributed by atoms with Crippen LogP contribution in [0.4, 0.5) is 5.82 Å². The minimum absolute atomic E-state index is 0.0511. The summed E-state index contributed by atoms with van der Waals surface area (Å²) in [6, 6.07) is 10.8. The summed E-state index contributed by atoms with van der Waals surface area (Å²) >= 11 is 0. The molecule has 2 aromatic heterocycles. The first-order chi connectivity index (χ1) is 12.6. The van der Waals surface area contributed by atoms with Gasteiger partial charge in [0.2, 0.25) is 5.56 Å². The lowest BCUT2D eigenvalue weighted by atomic mass is 10.2. The number of hydrogen-bond acceptors (Lipinski definition) is 5. The fourth-order valence-corrected chi connectivity index (χ4v) is 3.14. The normalized spacial score (nSPS) is 14.7. The van der Waals surface area contributed by atoms with Gasteiger partial charge in [0.15, 0.2) is 0 Å². The fraction of sp³-hybridized carbons (Fsp3) is 0.263. The molecule has 1 aliphatic rings. The van der Waals surface area contributed by atoms with Crippen LogP contribution in [0, 0.1) is 0 Å². The highest BCUT2D eigenvalue weighted by Crippen LogP contribution is 2.17. The van der Waals surface area contributed by atoms with Gasteiger partial charge in [0.1, 0.15) is 5.82 Å². The lowest BCUT2D eigenvalue weighted by Gasteiger charge is -2.35. The van der Waals surface area contributed by atoms with E-state index in [0.29, 0.717) is 31.7 Å². The summed E-state index contributed by atoms with van der Waals surface area (Å²) in [4.78, 5) is 37.2. The minimum Gasteiger partial charge on any atom is -0.352 e. The van der Waals surface area contributed by atoms with Gasteiger partial charge in [-0.15, -0.1) is 0 Å². The monoisotopic (exact) mass is 349 g/mol. The molecule has 0 radical (unpaired) electrons. The van der Waals surface area contributed by atoms with Crippen LogP contribution in [0.15, 0.2) is 53.6 Å². The maximum atomic E-state index is 12.6. The van der Waals surface area contributed by atoms with E-state index in [1.54, 1.807) is 25.5 Å². The Bertz CT molecular complexity index is 1020. The molecular weight excluding hydrogens is 330 g/mol. The number of amides is 1. The van der Waals surface area contributed by atoms with Gasteiger partial charge in [-0.2, -0.15) is 0 Å². The lowest BCUT2D eigenvalue weighted by molar-refractivity contribution is 0.0745. The van der Waals surface area contributed by atoms with Gasteiger partial charge in [0, 0.05) is 45.5 Å². The lowest BCUT2D eigenvalue weighted by Crippen LogP contribution is -2.49. The van der Waals surface area contributed by atoms with E-state index in [1.807, 2.05) is 29.2 Å². The number of aryl methyl sites for hydroxylation is 1. The molecule has 1 aliphatic heterocycles. The summed E-state index contributed by atoms with van der Waals surface area (Å²) in [6.45, 7) is 2.61. The Labute approximate surface area is 150 Å². The molecule has 0 unspecified atom stereocenters. The zero-order valence-electron chi connectivity index (χ0n) is 14.5. The van der Waals surface area contributed by atoms with Crippen molar-refractivity contribution in [2.24, 2.45) is 7.05 Å². The molecule has 1 amide bonds. The van der Waals surface area contributed by atoms with Gasteiger partial charge in [0.25, 0.3) is 5.91 Å². The molecular formula is C19H19N5O2. The van der Waals surface area contributed by atoms with E-state index >= 15 is 0 Å². The molecule has 7 heteroatoms. The molecule has 0 N–H and O–H groups in total. The number of nitrogens with zero attached hydrogens (tertiary/aromatic N) is 5. The Balaban J connectivity index is 1.46. The molecule has 0 bridgehead atoms. The molecule has 1 fully saturated rings. The van der Waals surface area contributed by atoms with Gasteiger partial charge in [0.05, 0.1) is 22.8 Å². The van der Waals surface area contributed by atoms with E-state index in [-0.39, 0.29) is 11.5 Å². The third-order valence-corrected chi connectivity index (χ3v) is 4.66. The molecule has 132 valence electrons. The number of hydrogen-bond donors (Lipinski definition) is 0. The molecule has 1 aromatic carbocycles. The number of carbonyl (C=O) groups is 1. The zero-order valence-corrected chi connectivity index (χ0v) is 14.5. The Morgan fingerprint density at radius 2 is 1.73 bits per heavy atom. The van der Waals surface area contributed by atoms with Crippen molar-refractivity contribution in [3.05, 3.63) is 64.7 Å². The van der Waals surface area contributed by atoms with E-state index in [2.05, 4.69) is 14.9 Å². The van der Waals surface area contributed by atoms with Gasteiger partial charge in [-0.25, -0.2) is 4.98 Å². The van der Waals surface area contributed by atoms with Crippen LogP contribution in [0.1, 0.15) is 10.4 Å². The quantitative estimate of drug-likeness (QED) is 0.697. The molecule has 3 aromatic rings. The fourth-order valence-electron chi connectivity index (χ4n) is 3.14. The number of rotatable bonds is 2. The van der Waals surface area contributed by atoms with E-state index in [4.69, 9.17) is 0 Å². The van der Waals surface area contributed by atoms with Crippen LogP contribution in [0.2, 0.25) is 0 Å². The van der Waals surface area contributed by atoms with Crippen molar-refractivity contribution in [3.8, 4) is 0 Å². The Hall–Kier alpha value is -3.22. The third kappa shape index (κ3) is 3.03. The Kier molecular flexibility index (Phi) is 4.12. The molecule has 0 atom stereocenters. The van der Waals surface area contributed by atoms with Crippen molar-refractivity contribution in [3.63, 3.8) is 0 Å². The topological polar surface area (TPSA) is 71.3 Å². The largest absolute Gasteiger partial charge is 0.352 e. The second kappa shape index (κ2) is 6.59. The van der Waals surface area contributed by atoms with Gasteiger partial charge >= 0.3 is 0 Å². The molecule has 0 aliphatic carbocycles. The van der Waals surface area contributed by atoms with E-state index in [9.17, 15) is 9.59 Å². The van der Waals surface area contributed by atoms with Crippen molar-refractivity contribution < 1.29 is 4.79 Å². The highest BCUT2D eigenvalue weighted by Gasteiger charge is 2.23. The van der Waals surface area contributed by atoms with Crippen molar-refractivity contribution >= 4 is 22.8 Å². The van der Waals surface area contributed by atoms with Gasteiger partial charge in [-0.1, -0.05) is 12.1 Å². The molecule has 4 rings (SSSR count). The van der Waals surface area contributed by atoms with Crippen molar-refractivity contribution in [1.29, 1.82) is 0 Å². The maximum Gasteiger partial charge on any atom is 0.255 e. The van der Waals surface area contributed by atoms with Gasteiger partial charge in [-0.05, 0) is 18.2 Å². The molecule has 7 nitrogen and oxygen atoms in total. The van der Waals surface area contributed by atoms with E-state index in [1.165, 1.54) is 10.6 Å². The zero-order chi connectivity index (χ0) is 18.1. The number of fused-ring (bicyclic) bond motifs is 1. The summed E-state index contributed by atoms with van der Waals surface area (Å²) in [7, 11) is 1.65. The molecule has 3 heterocycles. The minimum atomic E-state index is -0.124. The summed E-state index contributed by atoms with van der Waals surface area (Å²) in [5, 5.41) is 0. The summed E-state index contributed by atoms with van der Waals surface area (Å²) < 4.78 is 1.42. The summed E-state index contributed by atoms with van der Waals surface area (Å²) in [5.74, 6) is 0.780. The number of carbonyl (C=O) groups excluding carboxylic acids is 1. The number of piperazine rings is 1. The molecule has 26 heavy (non-hydrogen) atoms. The predicted molar refractivity (Wildman–Crippen MR) is 99.3 cm³/mol. The maximum absolute atomic E-state index is 12.6. The number of benzene rings is 1. The standard InChI is InChI=1S/C19H19N5O2/c1-22-13-14(6-7-18(22)25)19(26)24-10-8-23(9-11-24)17-12-20-15-4-2-3-5-16(15)21-17/h2-7,12-13H,8-11H2,1H3. The number of anilines is 1. The first-order valence-electron chi connectivity index (χ1n) is 8.54. The first kappa shape index (κ1) is 16.3. The van der Waals surface area contributed by atoms with Crippen molar-refractivity contribution in [1.82, 2.24) is 19.4 Å². The highest BCUT2D eigenvalue weighted by atomic mass is 16.2. The Morgan fingerprint density at radius 3 is 2.46 bits per heavy atom. The number of aromatic nitrogens is 3. The average Bonchev–Trinajstić information content (AvgIpc) is 2.69. The van der Waals surface area contributed by atoms with Crippen LogP contribution in [0.5, 0.6) is 0 Å². The van der Waals surface area contributed by atoms with Crippen LogP contribution >= 0.6 is 0 Å². The molecule has 0 spiro atoms. The van der Waals surface area contributed by atoms with Gasteiger partial charge < -0.3 is 14.4 Å². The number of para-hydroxylation sites is 2. The van der Waals surface area contributed by atoms with E-state index in [0.717, 1.165) is 16.9 Å². The van der Waals surface area contributed by atoms with Crippen LogP contribution in [-0.2, 0) is 7.05 Å². The first-order valence-corrected chi connectivity index (χ1v) is 8.54. The smallest absolute Gasteiger partial charge is 0.255 e. The van der Waals surface area contributed by atoms with Crippen LogP contribution in [-0.4, -0.2) is 51.5 Å². The van der Waals surface area contributed by atoms with Crippen LogP contribution in [0.3, 0.4) is 0 Å². The average molecular weight is 349 g/mol. The van der Waals surface area contributed by atoms with E-state index < -0.39 is 0 Å². The second-order valence-corrected chi connectivity index (χ2v) is 6.36. The van der Waals surface area contributed by atoms with Crippen LogP contribution in [0.25, 0.3) is 11.0 Å². The summed E-state index contributed by atoms with van der Waals surface area (Å²) in [5.41, 5.74) is 2.15. The Morgan fingerprint density at radius 1 is 1.00 bits per heavy atom. The second-order valence-electron chi connectivity index (χ2n) is 6.36. The summed E-state index contributed by atoms with van der Waals surface area (Å²) in [6.07, 6.45) is 3.37. The molecule has 1 saturated heterocycles. The van der Waals surface area contributed by atoms with Crippen LogP contribution < -0.4 is 10.5 Å². The predicted octanol–water partition coefficient (Wildman–Crippen LogP) is 1.29. The van der Waals surface area contributed by atoms with Crippen molar-refractivity contribution in [2.45, 2.75) is 0 Å². The molecule has 0 saturated carbocycles. The number of pyridine rings is 1. The van der Waals surface area contributed by atoms with Crippen molar-refractivity contribution in [2.75, 3.05) is 31.1 Å². The SMILES string of the molecule is Cn1cc(C(=O)N2CCN(c3cnc4ccccc4n3)CC2)ccc1=O. The highest BCUT2D eigenvalue weighted by molar-refractivity contribution is 5.94. The van der Waals surface area contributed by atoms with Gasteiger partial charge in [-0.3, -0.25) is 14.6 Å². The third-order valence-electron chi connectivity index (χ3n) is 4.66.